The minimum atomic E-state index is 0.399. The van der Waals surface area contributed by atoms with Gasteiger partial charge in [-0.2, -0.15) is 0 Å². The Morgan fingerprint density at radius 2 is 2.11 bits per heavy atom. The van der Waals surface area contributed by atoms with Gasteiger partial charge in [-0.3, -0.25) is 0 Å². The van der Waals surface area contributed by atoms with E-state index in [2.05, 4.69) is 33.8 Å². The van der Waals surface area contributed by atoms with Crippen LogP contribution in [0.2, 0.25) is 0 Å². The van der Waals surface area contributed by atoms with Crippen LogP contribution in [0.1, 0.15) is 13.8 Å². The summed E-state index contributed by atoms with van der Waals surface area (Å²) in [6.45, 7) is 4.18. The molecule has 90 valence electrons. The lowest BCUT2D eigenvalue weighted by Gasteiger charge is -2.01. The number of hydrogen-bond acceptors (Lipinski definition) is 3. The second kappa shape index (κ2) is 4.22. The highest BCUT2D eigenvalue weighted by Gasteiger charge is 2.08. The minimum Gasteiger partial charge on any atom is -0.341 e. The summed E-state index contributed by atoms with van der Waals surface area (Å²) >= 11 is 0. The van der Waals surface area contributed by atoms with Crippen molar-refractivity contribution in [2.75, 3.05) is 0 Å². The van der Waals surface area contributed by atoms with Gasteiger partial charge in [0, 0.05) is 11.6 Å². The van der Waals surface area contributed by atoms with Crippen LogP contribution in [0.5, 0.6) is 0 Å². The van der Waals surface area contributed by atoms with Gasteiger partial charge in [0.2, 0.25) is 0 Å². The third-order valence-electron chi connectivity index (χ3n) is 2.74. The number of para-hydroxylation sites is 1. The van der Waals surface area contributed by atoms with Crippen molar-refractivity contribution < 1.29 is 0 Å². The highest BCUT2D eigenvalue weighted by Crippen LogP contribution is 2.27. The molecule has 0 aliphatic carbocycles. The number of nitrogens with zero attached hydrogens (tertiary/aromatic N) is 3. The fraction of sp³-hybridized carbons (Fsp3) is 0.214. The van der Waals surface area contributed by atoms with E-state index in [4.69, 9.17) is 0 Å². The second-order valence-corrected chi connectivity index (χ2v) is 4.60. The molecule has 0 amide bonds. The van der Waals surface area contributed by atoms with Crippen molar-refractivity contribution >= 4 is 34.0 Å². The maximum absolute atomic E-state index is 4.58. The lowest BCUT2D eigenvalue weighted by molar-refractivity contribution is 0.907. The average Bonchev–Trinajstić information content (AvgIpc) is 2.85. The number of rotatable bonds is 2. The molecule has 3 rings (SSSR count). The standard InChI is InChI=1S/C14H14N4/c1-9(2)7-15-14-13-12(16-8-17-13)10-5-3-4-6-11(10)18-14/h3-9H,1-2H3,(H,16,17). The predicted molar refractivity (Wildman–Crippen MR) is 74.4 cm³/mol. The van der Waals surface area contributed by atoms with Gasteiger partial charge in [0.25, 0.3) is 0 Å². The van der Waals surface area contributed by atoms with Crippen molar-refractivity contribution in [1.29, 1.82) is 0 Å². The van der Waals surface area contributed by atoms with Crippen molar-refractivity contribution in [1.82, 2.24) is 15.0 Å². The summed E-state index contributed by atoms with van der Waals surface area (Å²) in [5.41, 5.74) is 2.75. The van der Waals surface area contributed by atoms with Crippen molar-refractivity contribution in [3.63, 3.8) is 0 Å². The van der Waals surface area contributed by atoms with Gasteiger partial charge in [-0.25, -0.2) is 15.0 Å². The molecule has 4 nitrogen and oxygen atoms in total. The second-order valence-electron chi connectivity index (χ2n) is 4.60. The summed E-state index contributed by atoms with van der Waals surface area (Å²) in [6, 6.07) is 7.98. The monoisotopic (exact) mass is 238 g/mol. The zero-order valence-electron chi connectivity index (χ0n) is 10.4. The zero-order valence-corrected chi connectivity index (χ0v) is 10.4. The summed E-state index contributed by atoms with van der Waals surface area (Å²) in [4.78, 5) is 16.5. The topological polar surface area (TPSA) is 53.9 Å². The maximum atomic E-state index is 4.58. The molecule has 0 aliphatic rings. The Morgan fingerprint density at radius 1 is 1.28 bits per heavy atom. The van der Waals surface area contributed by atoms with E-state index in [1.165, 1.54) is 0 Å². The number of aromatic amines is 1. The van der Waals surface area contributed by atoms with Crippen LogP contribution >= 0.6 is 0 Å². The van der Waals surface area contributed by atoms with Crippen molar-refractivity contribution in [2.24, 2.45) is 10.9 Å². The number of benzene rings is 1. The number of H-pyrrole nitrogens is 1. The van der Waals surface area contributed by atoms with Gasteiger partial charge >= 0.3 is 0 Å². The number of aliphatic imine (C=N–C) groups is 1. The highest BCUT2D eigenvalue weighted by molar-refractivity contribution is 6.06. The number of fused-ring (bicyclic) bond motifs is 3. The van der Waals surface area contributed by atoms with E-state index in [0.29, 0.717) is 11.7 Å². The van der Waals surface area contributed by atoms with E-state index in [-0.39, 0.29) is 0 Å². The maximum Gasteiger partial charge on any atom is 0.178 e. The first kappa shape index (κ1) is 10.9. The Kier molecular flexibility index (Phi) is 2.55. The van der Waals surface area contributed by atoms with Crippen LogP contribution in [0, 0.1) is 5.92 Å². The van der Waals surface area contributed by atoms with Crippen molar-refractivity contribution in [2.45, 2.75) is 13.8 Å². The molecule has 0 fully saturated rings. The Labute approximate surface area is 105 Å². The van der Waals surface area contributed by atoms with Crippen LogP contribution in [0.4, 0.5) is 5.82 Å². The van der Waals surface area contributed by atoms with Gasteiger partial charge in [-0.1, -0.05) is 32.0 Å². The van der Waals surface area contributed by atoms with Crippen LogP contribution in [0.25, 0.3) is 21.9 Å². The molecule has 0 aliphatic heterocycles. The number of aromatic nitrogens is 3. The van der Waals surface area contributed by atoms with Crippen molar-refractivity contribution in [3.05, 3.63) is 30.6 Å². The quantitative estimate of drug-likeness (QED) is 0.695. The smallest absolute Gasteiger partial charge is 0.178 e. The van der Waals surface area contributed by atoms with E-state index in [9.17, 15) is 0 Å². The van der Waals surface area contributed by atoms with Gasteiger partial charge in [0.05, 0.1) is 11.8 Å². The molecule has 2 aromatic heterocycles. The molecule has 0 bridgehead atoms. The van der Waals surface area contributed by atoms with Gasteiger partial charge in [-0.05, 0) is 12.0 Å². The lowest BCUT2D eigenvalue weighted by Crippen LogP contribution is -1.88. The summed E-state index contributed by atoms with van der Waals surface area (Å²) in [7, 11) is 0. The van der Waals surface area contributed by atoms with Crippen LogP contribution in [-0.4, -0.2) is 21.2 Å². The van der Waals surface area contributed by atoms with Gasteiger partial charge in [-0.15, -0.1) is 0 Å². The molecule has 0 saturated heterocycles. The van der Waals surface area contributed by atoms with Crippen LogP contribution in [0.15, 0.2) is 35.6 Å². The molecule has 0 radical (unpaired) electrons. The number of nitrogens with one attached hydrogen (secondary N) is 1. The summed E-state index contributed by atoms with van der Waals surface area (Å²) in [5, 5.41) is 1.05. The zero-order chi connectivity index (χ0) is 12.5. The molecule has 1 aromatic carbocycles. The van der Waals surface area contributed by atoms with Gasteiger partial charge < -0.3 is 4.98 Å². The Morgan fingerprint density at radius 3 is 2.94 bits per heavy atom. The molecule has 0 spiro atoms. The highest BCUT2D eigenvalue weighted by atomic mass is 15.0. The molecule has 3 aromatic rings. The first-order valence-electron chi connectivity index (χ1n) is 6.01. The summed E-state index contributed by atoms with van der Waals surface area (Å²) in [6.07, 6.45) is 3.59. The molecule has 4 heteroatoms. The lowest BCUT2D eigenvalue weighted by atomic mass is 10.2. The number of pyridine rings is 1. The Bertz CT molecular complexity index is 725. The molecule has 0 saturated carbocycles. The third-order valence-corrected chi connectivity index (χ3v) is 2.74. The van der Waals surface area contributed by atoms with E-state index in [0.717, 1.165) is 21.9 Å². The first-order valence-corrected chi connectivity index (χ1v) is 6.01. The Hall–Kier alpha value is -2.23. The van der Waals surface area contributed by atoms with Crippen LogP contribution in [-0.2, 0) is 0 Å². The van der Waals surface area contributed by atoms with Gasteiger partial charge in [0.1, 0.15) is 11.0 Å². The SMILES string of the molecule is CC(C)C=Nc1nc2ccccc2c2nc[nH]c12. The summed E-state index contributed by atoms with van der Waals surface area (Å²) in [5.74, 6) is 1.10. The molecule has 1 N–H and O–H groups in total. The average molecular weight is 238 g/mol. The summed E-state index contributed by atoms with van der Waals surface area (Å²) < 4.78 is 0. The van der Waals surface area contributed by atoms with E-state index >= 15 is 0 Å². The Balaban J connectivity index is 2.32. The predicted octanol–water partition coefficient (Wildman–Crippen LogP) is 3.47. The minimum absolute atomic E-state index is 0.399. The van der Waals surface area contributed by atoms with E-state index in [1.54, 1.807) is 6.33 Å². The van der Waals surface area contributed by atoms with Gasteiger partial charge in [0.15, 0.2) is 5.82 Å². The number of imidazole rings is 1. The fourth-order valence-electron chi connectivity index (χ4n) is 1.92. The molecule has 2 heterocycles. The third kappa shape index (κ3) is 1.76. The molecule has 18 heavy (non-hydrogen) atoms. The normalized spacial score (nSPS) is 12.2. The van der Waals surface area contributed by atoms with Crippen LogP contribution < -0.4 is 0 Å². The number of hydrogen-bond donors (Lipinski definition) is 1. The van der Waals surface area contributed by atoms with E-state index in [1.807, 2.05) is 30.5 Å². The fourth-order valence-corrected chi connectivity index (χ4v) is 1.92. The van der Waals surface area contributed by atoms with Crippen LogP contribution in [0.3, 0.4) is 0 Å². The first-order chi connectivity index (χ1) is 8.75. The molecular formula is C14H14N4. The molecule has 0 unspecified atom stereocenters. The largest absolute Gasteiger partial charge is 0.341 e. The molecule has 0 atom stereocenters. The van der Waals surface area contributed by atoms with Crippen molar-refractivity contribution in [3.8, 4) is 0 Å². The van der Waals surface area contributed by atoms with E-state index < -0.39 is 0 Å². The molecular weight excluding hydrogens is 224 g/mol.